The quantitative estimate of drug-likeness (QED) is 0.0811. The first-order valence-corrected chi connectivity index (χ1v) is 20.2. The molecule has 6 aromatic rings. The summed E-state index contributed by atoms with van der Waals surface area (Å²) >= 11 is 0. The molecule has 14 heteroatoms. The Morgan fingerprint density at radius 1 is 0.917 bits per heavy atom. The summed E-state index contributed by atoms with van der Waals surface area (Å²) in [6, 6.07) is 31.9. The molecule has 0 aliphatic carbocycles. The highest BCUT2D eigenvalue weighted by Crippen LogP contribution is 2.31. The van der Waals surface area contributed by atoms with Crippen LogP contribution in [0.5, 0.6) is 11.5 Å². The molecular weight excluding hydrogens is 765 g/mol. The summed E-state index contributed by atoms with van der Waals surface area (Å²) in [4.78, 5) is 42.9. The smallest absolute Gasteiger partial charge is 0.408 e. The zero-order chi connectivity index (χ0) is 41.6. The number of aliphatic hydroxyl groups excluding tert-OH is 1. The minimum Gasteiger partial charge on any atom is -0.506 e. The average Bonchev–Trinajstić information content (AvgIpc) is 3.63. The number of hydrogen-bond donors (Lipinski definition) is 5. The van der Waals surface area contributed by atoms with Gasteiger partial charge in [-0.15, -0.1) is 0 Å². The number of H-pyrrole nitrogens is 1. The molecule has 3 fully saturated rings. The number of carbonyl (C=O) groups excluding carboxylic acids is 2. The maximum Gasteiger partial charge on any atom is 0.408 e. The lowest BCUT2D eigenvalue weighted by Crippen LogP contribution is -2.52. The van der Waals surface area contributed by atoms with Crippen LogP contribution in [0.2, 0.25) is 0 Å². The molecule has 0 saturated carbocycles. The van der Waals surface area contributed by atoms with Crippen LogP contribution in [0, 0.1) is 5.92 Å². The molecule has 3 atom stereocenters. The Hall–Kier alpha value is -6.48. The van der Waals surface area contributed by atoms with E-state index in [0.717, 1.165) is 54.9 Å². The van der Waals surface area contributed by atoms with Crippen molar-refractivity contribution >= 4 is 23.0 Å². The van der Waals surface area contributed by atoms with Gasteiger partial charge in [-0.05, 0) is 96.6 Å². The SMILES string of the molecule is Cn1nc(COC(=O)c2ccc(COc3cccc([C@@H](NC(=O)O[C@H]4CN5CCC4CC5)c4ccccc4)c3)cc2)cc1CNC[C@H](O)c1ccc(O)c2[nH]c(=O)ccc12. The van der Waals surface area contributed by atoms with E-state index in [2.05, 4.69) is 25.6 Å². The van der Waals surface area contributed by atoms with Crippen molar-refractivity contribution in [3.8, 4) is 11.5 Å². The molecule has 310 valence electrons. The molecule has 2 bridgehead atoms. The van der Waals surface area contributed by atoms with E-state index in [-0.39, 0.29) is 42.7 Å². The zero-order valence-electron chi connectivity index (χ0n) is 33.3. The second-order valence-electron chi connectivity index (χ2n) is 15.4. The van der Waals surface area contributed by atoms with Gasteiger partial charge in [-0.2, -0.15) is 5.10 Å². The Bertz CT molecular complexity index is 2500. The number of fused-ring (bicyclic) bond motifs is 4. The number of esters is 1. The number of nitrogens with one attached hydrogen (secondary N) is 3. The number of carbonyl (C=O) groups is 2. The van der Waals surface area contributed by atoms with Crippen LogP contribution in [0.1, 0.15) is 69.0 Å². The molecule has 3 aliphatic heterocycles. The summed E-state index contributed by atoms with van der Waals surface area (Å²) in [5.74, 6) is 0.487. The Morgan fingerprint density at radius 3 is 2.47 bits per heavy atom. The van der Waals surface area contributed by atoms with Crippen LogP contribution < -0.4 is 20.9 Å². The lowest BCUT2D eigenvalue weighted by Gasteiger charge is -2.43. The summed E-state index contributed by atoms with van der Waals surface area (Å²) in [7, 11) is 1.79. The number of amides is 1. The normalized spacial score (nSPS) is 18.1. The number of phenolic OH excluding ortho intramolecular Hbond substituents is 1. The van der Waals surface area contributed by atoms with Crippen molar-refractivity contribution in [1.29, 1.82) is 0 Å². The third-order valence-corrected chi connectivity index (χ3v) is 11.3. The molecule has 2 aromatic heterocycles. The van der Waals surface area contributed by atoms with Gasteiger partial charge in [0, 0.05) is 38.1 Å². The molecule has 0 spiro atoms. The van der Waals surface area contributed by atoms with E-state index >= 15 is 0 Å². The van der Waals surface area contributed by atoms with Crippen LogP contribution in [0.15, 0.2) is 114 Å². The first kappa shape index (κ1) is 40.3. The topological polar surface area (TPSA) is 180 Å². The Kier molecular flexibility index (Phi) is 12.2. The molecule has 0 radical (unpaired) electrons. The van der Waals surface area contributed by atoms with E-state index in [1.54, 1.807) is 36.0 Å². The van der Waals surface area contributed by atoms with Crippen molar-refractivity contribution in [1.82, 2.24) is 30.3 Å². The number of rotatable bonds is 15. The van der Waals surface area contributed by atoms with Crippen LogP contribution in [0.3, 0.4) is 0 Å². The van der Waals surface area contributed by atoms with Gasteiger partial charge in [0.05, 0.1) is 28.9 Å². The second kappa shape index (κ2) is 18.2. The van der Waals surface area contributed by atoms with E-state index in [1.165, 1.54) is 12.1 Å². The predicted molar refractivity (Wildman–Crippen MR) is 223 cm³/mol. The van der Waals surface area contributed by atoms with Crippen LogP contribution in [0.25, 0.3) is 10.9 Å². The Balaban J connectivity index is 0.817. The number of nitrogens with zero attached hydrogens (tertiary/aromatic N) is 3. The van der Waals surface area contributed by atoms with Crippen molar-refractivity contribution in [2.75, 3.05) is 26.2 Å². The number of aryl methyl sites for hydroxylation is 1. The van der Waals surface area contributed by atoms with Crippen LogP contribution >= 0.6 is 0 Å². The molecule has 60 heavy (non-hydrogen) atoms. The highest BCUT2D eigenvalue weighted by atomic mass is 16.6. The first-order chi connectivity index (χ1) is 29.2. The number of benzene rings is 4. The maximum atomic E-state index is 13.2. The molecule has 5 heterocycles. The Labute approximate surface area is 346 Å². The average molecular weight is 813 g/mol. The van der Waals surface area contributed by atoms with Gasteiger partial charge in [-0.25, -0.2) is 9.59 Å². The number of piperidine rings is 3. The fraction of sp³-hybridized carbons (Fsp3) is 0.304. The predicted octanol–water partition coefficient (Wildman–Crippen LogP) is 5.64. The van der Waals surface area contributed by atoms with Gasteiger partial charge in [-0.1, -0.05) is 60.7 Å². The number of pyridine rings is 1. The van der Waals surface area contributed by atoms with E-state index < -0.39 is 24.2 Å². The van der Waals surface area contributed by atoms with E-state index in [1.807, 2.05) is 72.8 Å². The third kappa shape index (κ3) is 9.52. The number of alkyl carbamates (subject to hydrolysis) is 1. The third-order valence-electron chi connectivity index (χ3n) is 11.3. The molecule has 1 amide bonds. The molecule has 5 N–H and O–H groups in total. The summed E-state index contributed by atoms with van der Waals surface area (Å²) in [6.45, 7) is 3.75. The van der Waals surface area contributed by atoms with Crippen molar-refractivity contribution in [3.63, 3.8) is 0 Å². The second-order valence-corrected chi connectivity index (χ2v) is 15.4. The molecule has 4 aromatic carbocycles. The monoisotopic (exact) mass is 812 g/mol. The van der Waals surface area contributed by atoms with Gasteiger partial charge >= 0.3 is 12.1 Å². The lowest BCUT2D eigenvalue weighted by atomic mass is 9.86. The van der Waals surface area contributed by atoms with Gasteiger partial charge < -0.3 is 40.0 Å². The first-order valence-electron chi connectivity index (χ1n) is 20.2. The van der Waals surface area contributed by atoms with Gasteiger partial charge in [0.2, 0.25) is 5.56 Å². The maximum absolute atomic E-state index is 13.2. The van der Waals surface area contributed by atoms with Crippen LogP contribution in [-0.4, -0.2) is 74.2 Å². The van der Waals surface area contributed by atoms with Gasteiger partial charge in [-0.3, -0.25) is 14.4 Å². The highest BCUT2D eigenvalue weighted by molar-refractivity contribution is 5.89. The largest absolute Gasteiger partial charge is 0.506 e. The fourth-order valence-electron chi connectivity index (χ4n) is 8.05. The summed E-state index contributed by atoms with van der Waals surface area (Å²) in [5.41, 5.74) is 4.91. The van der Waals surface area contributed by atoms with Gasteiger partial charge in [0.1, 0.15) is 36.5 Å². The molecule has 0 unspecified atom stereocenters. The fourth-order valence-corrected chi connectivity index (χ4v) is 8.05. The zero-order valence-corrected chi connectivity index (χ0v) is 33.3. The van der Waals surface area contributed by atoms with Crippen molar-refractivity contribution in [2.24, 2.45) is 13.0 Å². The number of phenols is 1. The lowest BCUT2D eigenvalue weighted by molar-refractivity contribution is -0.0336. The number of aliphatic hydroxyl groups is 1. The minimum atomic E-state index is -0.907. The van der Waals surface area contributed by atoms with E-state index in [0.29, 0.717) is 40.4 Å². The van der Waals surface area contributed by atoms with E-state index in [4.69, 9.17) is 14.2 Å². The molecule has 3 saturated heterocycles. The molecule has 3 aliphatic rings. The summed E-state index contributed by atoms with van der Waals surface area (Å²) < 4.78 is 19.4. The standard InChI is InChI=1S/C46H48N6O8/c1-51-35(24-47-25-40(54)37-14-16-39(53)44-38(37)15-17-42(55)48-44)23-34(50-51)28-59-45(56)32-12-10-29(11-13-32)27-58-36-9-5-8-33(22-36)43(31-6-3-2-4-7-31)49-46(57)60-41-26-52-20-18-30(41)19-21-52/h2-17,22-23,30,40-41,43,47,53-54H,18-21,24-28H2,1H3,(H,48,55)(H,49,57)/t40-,41-,43-/m0/s1. The van der Waals surface area contributed by atoms with Gasteiger partial charge in [0.25, 0.3) is 0 Å². The minimum absolute atomic E-state index is 0.0234. The Morgan fingerprint density at radius 2 is 1.70 bits per heavy atom. The number of ether oxygens (including phenoxy) is 3. The van der Waals surface area contributed by atoms with E-state index in [9.17, 15) is 24.6 Å². The highest BCUT2D eigenvalue weighted by Gasteiger charge is 2.37. The van der Waals surface area contributed by atoms with Crippen LogP contribution in [0.4, 0.5) is 4.79 Å². The number of aromatic nitrogens is 3. The number of aromatic amines is 1. The van der Waals surface area contributed by atoms with Crippen molar-refractivity contribution in [3.05, 3.63) is 159 Å². The van der Waals surface area contributed by atoms with Crippen molar-refractivity contribution in [2.45, 2.75) is 50.8 Å². The van der Waals surface area contributed by atoms with Gasteiger partial charge in [0.15, 0.2) is 0 Å². The molecule has 14 nitrogen and oxygen atoms in total. The van der Waals surface area contributed by atoms with Crippen molar-refractivity contribution < 1.29 is 34.0 Å². The molecule has 9 rings (SSSR count). The molecular formula is C46H48N6O8. The number of aromatic hydroxyl groups is 1. The van der Waals surface area contributed by atoms with Crippen LogP contribution in [-0.2, 0) is 36.3 Å². The number of hydrogen-bond acceptors (Lipinski definition) is 11. The summed E-state index contributed by atoms with van der Waals surface area (Å²) in [6.07, 6.45) is 0.688. The summed E-state index contributed by atoms with van der Waals surface area (Å²) in [5, 5.41) is 32.4.